The molecule has 0 aliphatic rings. The molecule has 6 N–H and O–H groups in total. The van der Waals surface area contributed by atoms with Crippen LogP contribution in [0.25, 0.3) is 0 Å². The second kappa shape index (κ2) is 22.0. The number of hydrogen-bond donors (Lipinski definition) is 6. The van der Waals surface area contributed by atoms with E-state index in [-0.39, 0.29) is 0 Å². The third-order valence-corrected chi connectivity index (χ3v) is 4.15. The summed E-state index contributed by atoms with van der Waals surface area (Å²) in [5.74, 6) is 0. The van der Waals surface area contributed by atoms with Crippen LogP contribution in [0.3, 0.4) is 0 Å². The van der Waals surface area contributed by atoms with Crippen LogP contribution in [0.5, 0.6) is 0 Å². The van der Waals surface area contributed by atoms with E-state index in [1.807, 2.05) is 0 Å². The van der Waals surface area contributed by atoms with Gasteiger partial charge >= 0.3 is 107 Å². The van der Waals surface area contributed by atoms with Crippen LogP contribution < -0.4 is 0 Å². The van der Waals surface area contributed by atoms with E-state index in [1.54, 1.807) is 0 Å². The molecule has 0 aromatic heterocycles. The maximum Gasteiger partial charge on any atom is 0.319 e. The van der Waals surface area contributed by atoms with Gasteiger partial charge in [-0.3, -0.25) is 0 Å². The third kappa shape index (κ3) is 76.9. The average molecular weight is 491 g/mol. The largest absolute Gasteiger partial charge is 0.325 e. The molecule has 0 heterocycles. The van der Waals surface area contributed by atoms with E-state index in [4.69, 9.17) is 29.4 Å². The maximum atomic E-state index is 7.56. The van der Waals surface area contributed by atoms with E-state index in [0.29, 0.717) is 0 Å². The average Bonchev–Trinajstić information content (AvgIpc) is 2.41. The van der Waals surface area contributed by atoms with Crippen molar-refractivity contribution in [2.24, 2.45) is 0 Å². The standard InChI is InChI=1S/C14H29.2H3O3PS.Zn/c1-3-5-7-9-11-13-14-12-10-8-6-4-2;2*1-4(2,3)5;/h1,3-14H2,2H3;2*(H3,1,2,3,5);. The second-order valence-corrected chi connectivity index (χ2v) is 12.2. The first-order valence-electron chi connectivity index (χ1n) is 8.77. The Bertz CT molecular complexity index is 304. The second-order valence-electron chi connectivity index (χ2n) is 5.77. The molecular formula is C14H35O6P2S2Zn. The normalized spacial score (nSPS) is 11.2. The monoisotopic (exact) mass is 489 g/mol. The van der Waals surface area contributed by atoms with Gasteiger partial charge in [-0.1, -0.05) is 13.3 Å². The Morgan fingerprint density at radius 2 is 0.760 bits per heavy atom. The van der Waals surface area contributed by atoms with Gasteiger partial charge < -0.3 is 29.4 Å². The van der Waals surface area contributed by atoms with Crippen molar-refractivity contribution < 1.29 is 47.7 Å². The Morgan fingerprint density at radius 1 is 0.560 bits per heavy atom. The van der Waals surface area contributed by atoms with Gasteiger partial charge in [0.15, 0.2) is 0 Å². The van der Waals surface area contributed by atoms with Crippen LogP contribution >= 0.6 is 13.4 Å². The van der Waals surface area contributed by atoms with Crippen LogP contribution in [0.15, 0.2) is 0 Å². The van der Waals surface area contributed by atoms with Crippen molar-refractivity contribution in [2.75, 3.05) is 0 Å². The van der Waals surface area contributed by atoms with Crippen molar-refractivity contribution in [3.63, 3.8) is 0 Å². The minimum atomic E-state index is -3.81. The molecule has 0 rings (SSSR count). The number of hydrogen-bond acceptors (Lipinski definition) is 2. The van der Waals surface area contributed by atoms with Crippen LogP contribution in [0.1, 0.15) is 84.0 Å². The fourth-order valence-corrected chi connectivity index (χ4v) is 2.76. The smallest absolute Gasteiger partial charge is 0.319 e. The molecule has 0 fully saturated rings. The molecule has 0 aromatic rings. The Labute approximate surface area is 173 Å². The Kier molecular flexibility index (Phi) is 27.6. The molecule has 6 nitrogen and oxygen atoms in total. The summed E-state index contributed by atoms with van der Waals surface area (Å²) >= 11 is 8.71. The molecule has 0 amide bonds. The van der Waals surface area contributed by atoms with Crippen LogP contribution in [0.4, 0.5) is 0 Å². The van der Waals surface area contributed by atoms with Gasteiger partial charge in [0.2, 0.25) is 0 Å². The van der Waals surface area contributed by atoms with Crippen LogP contribution in [-0.2, 0) is 41.9 Å². The number of unbranched alkanes of at least 4 members (excludes halogenated alkanes) is 11. The Balaban J connectivity index is -0.000000396. The first-order chi connectivity index (χ1) is 11.4. The fourth-order valence-electron chi connectivity index (χ4n) is 2.02. The van der Waals surface area contributed by atoms with Crippen molar-refractivity contribution in [1.82, 2.24) is 0 Å². The zero-order valence-corrected chi connectivity index (χ0v) is 21.7. The van der Waals surface area contributed by atoms with Crippen molar-refractivity contribution >= 4 is 37.1 Å². The van der Waals surface area contributed by atoms with Gasteiger partial charge in [-0.05, 0) is 23.6 Å². The molecule has 0 spiro atoms. The van der Waals surface area contributed by atoms with Gasteiger partial charge in [0.1, 0.15) is 0 Å². The summed E-state index contributed by atoms with van der Waals surface area (Å²) in [6.45, 7) is -5.32. The van der Waals surface area contributed by atoms with Gasteiger partial charge in [-0.2, -0.15) is 0 Å². The molecule has 0 aliphatic heterocycles. The quantitative estimate of drug-likeness (QED) is 0.138. The minimum absolute atomic E-state index is 1.38. The topological polar surface area (TPSA) is 121 Å². The van der Waals surface area contributed by atoms with E-state index in [2.05, 4.69) is 30.5 Å². The molecule has 0 bridgehead atoms. The summed E-state index contributed by atoms with van der Waals surface area (Å²) in [5, 5.41) is 1.50. The van der Waals surface area contributed by atoms with E-state index in [0.717, 1.165) is 0 Å². The molecule has 25 heavy (non-hydrogen) atoms. The molecule has 0 aromatic carbocycles. The predicted octanol–water partition coefficient (Wildman–Crippen LogP) is 4.03. The van der Waals surface area contributed by atoms with E-state index in [9.17, 15) is 0 Å². The van der Waals surface area contributed by atoms with Gasteiger partial charge in [0, 0.05) is 0 Å². The van der Waals surface area contributed by atoms with Gasteiger partial charge in [0.05, 0.1) is 0 Å². The van der Waals surface area contributed by atoms with E-state index >= 15 is 0 Å². The first-order valence-corrected chi connectivity index (χ1v) is 16.2. The summed E-state index contributed by atoms with van der Waals surface area (Å²) in [6.07, 6.45) is 17.7. The summed E-state index contributed by atoms with van der Waals surface area (Å²) in [4.78, 5) is 45.3. The molecule has 0 saturated heterocycles. The zero-order valence-electron chi connectivity index (χ0n) is 15.3. The molecule has 0 radical (unpaired) electrons. The van der Waals surface area contributed by atoms with Crippen molar-refractivity contribution in [2.45, 2.75) is 89.0 Å². The Hall–Kier alpha value is 1.68. The summed E-state index contributed by atoms with van der Waals surface area (Å²) < 4.78 is 0. The predicted molar refractivity (Wildman–Crippen MR) is 108 cm³/mol. The van der Waals surface area contributed by atoms with Crippen LogP contribution in [0, 0.1) is 0 Å². The SMILES string of the molecule is CCCCCCCCCCCCC[CH2][Zn].OP(O)(O)=S.OP(O)(O)=S. The van der Waals surface area contributed by atoms with Gasteiger partial charge in [-0.25, -0.2) is 0 Å². The summed E-state index contributed by atoms with van der Waals surface area (Å²) in [7, 11) is 0. The van der Waals surface area contributed by atoms with Crippen molar-refractivity contribution in [3.8, 4) is 0 Å². The van der Waals surface area contributed by atoms with Crippen molar-refractivity contribution in [1.29, 1.82) is 0 Å². The Morgan fingerprint density at radius 3 is 0.960 bits per heavy atom. The van der Waals surface area contributed by atoms with E-state index < -0.39 is 13.4 Å². The third-order valence-electron chi connectivity index (χ3n) is 3.10. The van der Waals surface area contributed by atoms with Crippen molar-refractivity contribution in [3.05, 3.63) is 0 Å². The molecule has 0 saturated carbocycles. The van der Waals surface area contributed by atoms with E-state index in [1.165, 1.54) is 100 Å². The van der Waals surface area contributed by atoms with Gasteiger partial charge in [-0.15, -0.1) is 0 Å². The summed E-state index contributed by atoms with van der Waals surface area (Å²) in [6, 6.07) is 0. The van der Waals surface area contributed by atoms with Gasteiger partial charge in [0.25, 0.3) is 0 Å². The summed E-state index contributed by atoms with van der Waals surface area (Å²) in [5.41, 5.74) is 0. The minimum Gasteiger partial charge on any atom is -0.325 e. The zero-order chi connectivity index (χ0) is 20.2. The molecule has 151 valence electrons. The molecule has 0 unspecified atom stereocenters. The van der Waals surface area contributed by atoms with Crippen LogP contribution in [-0.4, -0.2) is 29.4 Å². The molecular weight excluding hydrogens is 456 g/mol. The molecule has 0 atom stereocenters. The van der Waals surface area contributed by atoms with Crippen LogP contribution in [0.2, 0.25) is 5.02 Å². The maximum absolute atomic E-state index is 7.56. The number of rotatable bonds is 12. The molecule has 0 aliphatic carbocycles. The first kappa shape index (κ1) is 31.4. The molecule has 11 heteroatoms. The fraction of sp³-hybridized carbons (Fsp3) is 1.00.